The van der Waals surface area contributed by atoms with Crippen molar-refractivity contribution < 1.29 is 22.7 Å². The average Bonchev–Trinajstić information content (AvgIpc) is 3.29. The summed E-state index contributed by atoms with van der Waals surface area (Å²) in [5, 5.41) is 1.77. The lowest BCUT2D eigenvalue weighted by molar-refractivity contribution is -0.188. The molecule has 3 aromatic rings. The normalized spacial score (nSPS) is 19.1. The Labute approximate surface area is 195 Å². The van der Waals surface area contributed by atoms with Crippen LogP contribution in [-0.2, 0) is 30.9 Å². The number of rotatable bonds is 9. The standard InChI is InChI=1S/C26H29NO5S/c1-2-3-18-32-26(25(28)31-20-21-10-5-4-6-11-21)16-9-17-27(26)33(29,30)24-15-14-22-12-7-8-13-23(22)19-24/h4-8,10-15,19H,2-3,9,16-18,20H2,1H3. The number of sulfonamides is 1. The second kappa shape index (κ2) is 10.0. The summed E-state index contributed by atoms with van der Waals surface area (Å²) in [6, 6.07) is 21.9. The summed E-state index contributed by atoms with van der Waals surface area (Å²) in [5.74, 6) is -0.663. The van der Waals surface area contributed by atoms with Crippen LogP contribution in [0.5, 0.6) is 0 Å². The molecule has 0 bridgehead atoms. The van der Waals surface area contributed by atoms with Crippen LogP contribution in [0.1, 0.15) is 38.2 Å². The van der Waals surface area contributed by atoms with Gasteiger partial charge in [-0.2, -0.15) is 4.31 Å². The summed E-state index contributed by atoms with van der Waals surface area (Å²) in [4.78, 5) is 13.5. The Kier molecular flexibility index (Phi) is 7.12. The molecule has 1 unspecified atom stereocenters. The Balaban J connectivity index is 1.66. The van der Waals surface area contributed by atoms with E-state index >= 15 is 0 Å². The highest BCUT2D eigenvalue weighted by atomic mass is 32.2. The van der Waals surface area contributed by atoms with Crippen molar-refractivity contribution in [1.29, 1.82) is 0 Å². The second-order valence-electron chi connectivity index (χ2n) is 8.24. The summed E-state index contributed by atoms with van der Waals surface area (Å²) in [6.45, 7) is 2.55. The number of nitrogens with zero attached hydrogens (tertiary/aromatic N) is 1. The van der Waals surface area contributed by atoms with Crippen LogP contribution in [0.25, 0.3) is 10.8 Å². The molecule has 1 aliphatic rings. The fraction of sp³-hybridized carbons (Fsp3) is 0.346. The van der Waals surface area contributed by atoms with Crippen molar-refractivity contribution in [3.63, 3.8) is 0 Å². The largest absolute Gasteiger partial charge is 0.458 e. The molecule has 0 N–H and O–H groups in total. The van der Waals surface area contributed by atoms with Gasteiger partial charge in [0.15, 0.2) is 0 Å². The first-order chi connectivity index (χ1) is 16.0. The molecule has 1 atom stereocenters. The number of benzene rings is 3. The molecular formula is C26H29NO5S. The Morgan fingerprint density at radius 2 is 1.73 bits per heavy atom. The molecule has 0 spiro atoms. The van der Waals surface area contributed by atoms with Crippen LogP contribution in [0.2, 0.25) is 0 Å². The lowest BCUT2D eigenvalue weighted by Crippen LogP contribution is -2.55. The number of hydrogen-bond acceptors (Lipinski definition) is 5. The van der Waals surface area contributed by atoms with Crippen molar-refractivity contribution in [2.24, 2.45) is 0 Å². The zero-order valence-corrected chi connectivity index (χ0v) is 19.6. The fourth-order valence-corrected chi connectivity index (χ4v) is 5.91. The van der Waals surface area contributed by atoms with E-state index in [0.29, 0.717) is 6.42 Å². The SMILES string of the molecule is CCCCOC1(C(=O)OCc2ccccc2)CCCN1S(=O)(=O)c1ccc2ccccc2c1. The van der Waals surface area contributed by atoms with Gasteiger partial charge in [-0.3, -0.25) is 0 Å². The van der Waals surface area contributed by atoms with Gasteiger partial charge in [-0.1, -0.05) is 74.0 Å². The Bertz CT molecular complexity index is 1210. The quantitative estimate of drug-likeness (QED) is 0.331. The Morgan fingerprint density at radius 1 is 1.00 bits per heavy atom. The minimum atomic E-state index is -4.00. The lowest BCUT2D eigenvalue weighted by Gasteiger charge is -2.35. The zero-order chi connectivity index (χ0) is 23.3. The molecule has 1 fully saturated rings. The predicted molar refractivity (Wildman–Crippen MR) is 127 cm³/mol. The van der Waals surface area contributed by atoms with Crippen LogP contribution in [0.3, 0.4) is 0 Å². The van der Waals surface area contributed by atoms with Crippen molar-refractivity contribution in [3.8, 4) is 0 Å². The molecule has 1 heterocycles. The van der Waals surface area contributed by atoms with Gasteiger partial charge < -0.3 is 9.47 Å². The van der Waals surface area contributed by atoms with Gasteiger partial charge in [0, 0.05) is 19.6 Å². The molecule has 3 aromatic carbocycles. The van der Waals surface area contributed by atoms with E-state index in [-0.39, 0.29) is 31.1 Å². The van der Waals surface area contributed by atoms with Crippen LogP contribution in [0.4, 0.5) is 0 Å². The first kappa shape index (κ1) is 23.4. The van der Waals surface area contributed by atoms with Gasteiger partial charge in [0.05, 0.1) is 4.90 Å². The van der Waals surface area contributed by atoms with Gasteiger partial charge in [-0.25, -0.2) is 13.2 Å². The molecule has 6 nitrogen and oxygen atoms in total. The molecule has 0 aliphatic carbocycles. The van der Waals surface area contributed by atoms with E-state index in [1.54, 1.807) is 18.2 Å². The van der Waals surface area contributed by atoms with Crippen molar-refractivity contribution >= 4 is 26.8 Å². The van der Waals surface area contributed by atoms with E-state index in [2.05, 4.69) is 0 Å². The number of hydrogen-bond donors (Lipinski definition) is 0. The third-order valence-electron chi connectivity index (χ3n) is 5.96. The minimum absolute atomic E-state index is 0.0580. The van der Waals surface area contributed by atoms with Gasteiger partial charge >= 0.3 is 5.97 Å². The van der Waals surface area contributed by atoms with E-state index in [1.165, 1.54) is 4.31 Å². The molecule has 1 saturated heterocycles. The van der Waals surface area contributed by atoms with Crippen LogP contribution < -0.4 is 0 Å². The predicted octanol–water partition coefficient (Wildman–Crippen LogP) is 4.88. The summed E-state index contributed by atoms with van der Waals surface area (Å²) in [7, 11) is -4.00. The van der Waals surface area contributed by atoms with E-state index in [9.17, 15) is 13.2 Å². The van der Waals surface area contributed by atoms with Gasteiger partial charge in [0.1, 0.15) is 6.61 Å². The van der Waals surface area contributed by atoms with Crippen LogP contribution >= 0.6 is 0 Å². The molecule has 1 aliphatic heterocycles. The number of fused-ring (bicyclic) bond motifs is 1. The maximum atomic E-state index is 13.7. The highest BCUT2D eigenvalue weighted by Gasteiger charge is 2.55. The van der Waals surface area contributed by atoms with Crippen LogP contribution in [-0.4, -0.2) is 37.6 Å². The van der Waals surface area contributed by atoms with Crippen LogP contribution in [0.15, 0.2) is 77.7 Å². The smallest absolute Gasteiger partial charge is 0.355 e. The third kappa shape index (κ3) is 4.81. The van der Waals surface area contributed by atoms with Gasteiger partial charge in [0.2, 0.25) is 15.7 Å². The number of unbranched alkanes of at least 4 members (excludes halogenated alkanes) is 1. The molecule has 7 heteroatoms. The maximum absolute atomic E-state index is 13.7. The van der Waals surface area contributed by atoms with E-state index in [0.717, 1.165) is 29.2 Å². The molecular weight excluding hydrogens is 438 g/mol. The number of esters is 1. The summed E-state index contributed by atoms with van der Waals surface area (Å²) in [5.41, 5.74) is -0.828. The monoisotopic (exact) mass is 467 g/mol. The first-order valence-corrected chi connectivity index (χ1v) is 12.8. The van der Waals surface area contributed by atoms with Gasteiger partial charge in [-0.05, 0) is 41.3 Å². The number of carbonyl (C=O) groups excluding carboxylic acids is 1. The highest BCUT2D eigenvalue weighted by molar-refractivity contribution is 7.89. The Morgan fingerprint density at radius 3 is 2.48 bits per heavy atom. The molecule has 4 rings (SSSR count). The molecule has 33 heavy (non-hydrogen) atoms. The number of carbonyl (C=O) groups is 1. The van der Waals surface area contributed by atoms with Gasteiger partial charge in [0.25, 0.3) is 0 Å². The summed E-state index contributed by atoms with van der Waals surface area (Å²) < 4.78 is 40.4. The van der Waals surface area contributed by atoms with Crippen LogP contribution in [0, 0.1) is 0 Å². The molecule has 0 amide bonds. The Hall–Kier alpha value is -2.74. The molecule has 0 saturated carbocycles. The van der Waals surface area contributed by atoms with E-state index in [1.807, 2.05) is 61.5 Å². The molecule has 0 aromatic heterocycles. The van der Waals surface area contributed by atoms with Crippen molar-refractivity contribution in [3.05, 3.63) is 78.4 Å². The van der Waals surface area contributed by atoms with Gasteiger partial charge in [-0.15, -0.1) is 0 Å². The van der Waals surface area contributed by atoms with Crippen molar-refractivity contribution in [2.45, 2.75) is 49.8 Å². The average molecular weight is 468 g/mol. The summed E-state index contributed by atoms with van der Waals surface area (Å²) >= 11 is 0. The molecule has 174 valence electrons. The summed E-state index contributed by atoms with van der Waals surface area (Å²) in [6.07, 6.45) is 2.36. The lowest BCUT2D eigenvalue weighted by atomic mass is 10.1. The van der Waals surface area contributed by atoms with E-state index < -0.39 is 21.7 Å². The molecule has 0 radical (unpaired) electrons. The fourth-order valence-electron chi connectivity index (χ4n) is 4.17. The third-order valence-corrected chi connectivity index (χ3v) is 7.87. The number of ether oxygens (including phenoxy) is 2. The van der Waals surface area contributed by atoms with Crippen molar-refractivity contribution in [2.75, 3.05) is 13.2 Å². The van der Waals surface area contributed by atoms with E-state index in [4.69, 9.17) is 9.47 Å². The minimum Gasteiger partial charge on any atom is -0.458 e. The topological polar surface area (TPSA) is 72.9 Å². The second-order valence-corrected chi connectivity index (χ2v) is 10.1. The van der Waals surface area contributed by atoms with Crippen molar-refractivity contribution in [1.82, 2.24) is 4.31 Å². The maximum Gasteiger partial charge on any atom is 0.355 e. The zero-order valence-electron chi connectivity index (χ0n) is 18.8. The highest BCUT2D eigenvalue weighted by Crippen LogP contribution is 2.38. The first-order valence-electron chi connectivity index (χ1n) is 11.3.